The molecule has 5 rings (SSSR count). The van der Waals surface area contributed by atoms with E-state index in [0.717, 1.165) is 38.5 Å². The number of likely N-dealkylation sites (N-methyl/N-ethyl adjacent to an activating group) is 1. The van der Waals surface area contributed by atoms with Crippen molar-refractivity contribution >= 4 is 34.1 Å². The second-order valence-electron chi connectivity index (χ2n) is 11.1. The number of piperazine rings is 1. The van der Waals surface area contributed by atoms with Gasteiger partial charge in [-0.05, 0) is 64.9 Å². The third-order valence-electron chi connectivity index (χ3n) is 8.02. The van der Waals surface area contributed by atoms with Crippen molar-refractivity contribution < 1.29 is 22.3 Å². The average Bonchev–Trinajstić information content (AvgIpc) is 3.30. The number of benzene rings is 1. The van der Waals surface area contributed by atoms with Crippen molar-refractivity contribution in [2.45, 2.75) is 51.9 Å². The van der Waals surface area contributed by atoms with Crippen molar-refractivity contribution in [3.63, 3.8) is 0 Å². The van der Waals surface area contributed by atoms with Crippen LogP contribution in [-0.2, 0) is 6.18 Å². The average molecular weight is 596 g/mol. The van der Waals surface area contributed by atoms with E-state index < -0.39 is 28.8 Å². The van der Waals surface area contributed by atoms with E-state index in [1.54, 1.807) is 0 Å². The SMILES string of the molecule is Cc1cc(N)nc(-c2c(Cl)cc3c(N4CCN(C(C)C)CC4)nc(OC[C@@H]4CCCN4C)nc3c2F)c1C(F)(F)F. The van der Waals surface area contributed by atoms with Crippen LogP contribution < -0.4 is 15.4 Å². The summed E-state index contributed by atoms with van der Waals surface area (Å²) in [5, 5.41) is 0.0404. The number of anilines is 2. The zero-order valence-corrected chi connectivity index (χ0v) is 24.3. The van der Waals surface area contributed by atoms with Gasteiger partial charge in [0.25, 0.3) is 0 Å². The fourth-order valence-corrected chi connectivity index (χ4v) is 6.01. The van der Waals surface area contributed by atoms with Crippen molar-refractivity contribution in [2.24, 2.45) is 0 Å². The second kappa shape index (κ2) is 11.4. The Morgan fingerprint density at radius 2 is 1.80 bits per heavy atom. The molecule has 2 aromatic heterocycles. The molecule has 4 heterocycles. The first-order valence-electron chi connectivity index (χ1n) is 13.7. The van der Waals surface area contributed by atoms with Gasteiger partial charge in [-0.1, -0.05) is 11.6 Å². The number of aryl methyl sites for hydroxylation is 1. The van der Waals surface area contributed by atoms with Gasteiger partial charge in [0.1, 0.15) is 23.8 Å². The topological polar surface area (TPSA) is 83.6 Å². The quantitative estimate of drug-likeness (QED) is 0.380. The van der Waals surface area contributed by atoms with Crippen molar-refractivity contribution in [3.05, 3.63) is 34.1 Å². The minimum atomic E-state index is -4.82. The predicted octanol–water partition coefficient (Wildman–Crippen LogP) is 5.40. The van der Waals surface area contributed by atoms with Gasteiger partial charge in [-0.2, -0.15) is 23.1 Å². The maximum absolute atomic E-state index is 16.4. The molecule has 0 bridgehead atoms. The van der Waals surface area contributed by atoms with Crippen LogP contribution in [0.1, 0.15) is 37.8 Å². The molecular formula is C28H34ClF4N7O. The normalized spacial score (nSPS) is 19.1. The van der Waals surface area contributed by atoms with E-state index >= 15 is 4.39 Å². The molecule has 2 aliphatic heterocycles. The predicted molar refractivity (Wildman–Crippen MR) is 152 cm³/mol. The highest BCUT2D eigenvalue weighted by Gasteiger charge is 2.38. The van der Waals surface area contributed by atoms with Crippen LogP contribution in [0.2, 0.25) is 5.02 Å². The zero-order chi connectivity index (χ0) is 29.6. The Morgan fingerprint density at radius 1 is 1.10 bits per heavy atom. The number of nitrogens with zero attached hydrogens (tertiary/aromatic N) is 6. The van der Waals surface area contributed by atoms with Crippen LogP contribution in [0.4, 0.5) is 29.2 Å². The Morgan fingerprint density at radius 3 is 2.41 bits per heavy atom. The summed E-state index contributed by atoms with van der Waals surface area (Å²) in [6, 6.07) is 3.00. The van der Waals surface area contributed by atoms with Crippen LogP contribution in [0, 0.1) is 12.7 Å². The number of nitrogen functional groups attached to an aromatic ring is 1. The number of rotatable bonds is 6. The van der Waals surface area contributed by atoms with Crippen molar-refractivity contribution in [2.75, 3.05) is 57.0 Å². The molecule has 0 radical (unpaired) electrons. The number of likely N-dealkylation sites (tertiary alicyclic amines) is 1. The summed E-state index contributed by atoms with van der Waals surface area (Å²) in [6.45, 7) is 9.51. The Kier molecular flexibility index (Phi) is 8.19. The number of ether oxygens (including phenoxy) is 1. The highest BCUT2D eigenvalue weighted by Crippen LogP contribution is 2.44. The summed E-state index contributed by atoms with van der Waals surface area (Å²) in [5.41, 5.74) is 3.13. The van der Waals surface area contributed by atoms with E-state index in [-0.39, 0.29) is 39.4 Å². The lowest BCUT2D eigenvalue weighted by Gasteiger charge is -2.37. The van der Waals surface area contributed by atoms with Gasteiger partial charge < -0.3 is 20.3 Å². The van der Waals surface area contributed by atoms with Gasteiger partial charge in [-0.15, -0.1) is 0 Å². The van der Waals surface area contributed by atoms with Crippen LogP contribution in [0.15, 0.2) is 12.1 Å². The summed E-state index contributed by atoms with van der Waals surface area (Å²) in [7, 11) is 2.01. The standard InChI is InChI=1S/C28H34ClF4N7O/c1-15(2)39-8-10-40(11-9-39)26-18-13-19(29)21(25-22(28(31,32)33)16(3)12-20(34)35-25)23(30)24(18)36-27(37-26)41-14-17-6-5-7-38(17)4/h12-13,15,17H,5-11,14H2,1-4H3,(H2,34,35)/t17-/m0/s1. The van der Waals surface area contributed by atoms with Gasteiger partial charge in [-0.25, -0.2) is 9.37 Å². The van der Waals surface area contributed by atoms with E-state index in [9.17, 15) is 13.2 Å². The molecule has 2 saturated heterocycles. The van der Waals surface area contributed by atoms with Gasteiger partial charge in [-0.3, -0.25) is 4.90 Å². The van der Waals surface area contributed by atoms with E-state index in [1.165, 1.54) is 13.0 Å². The number of alkyl halides is 3. The molecule has 0 unspecified atom stereocenters. The van der Waals surface area contributed by atoms with Crippen LogP contribution >= 0.6 is 11.6 Å². The molecule has 2 N–H and O–H groups in total. The van der Waals surface area contributed by atoms with Crippen LogP contribution in [0.25, 0.3) is 22.2 Å². The lowest BCUT2D eigenvalue weighted by Crippen LogP contribution is -2.49. The minimum Gasteiger partial charge on any atom is -0.462 e. The molecule has 222 valence electrons. The molecule has 0 spiro atoms. The molecule has 41 heavy (non-hydrogen) atoms. The van der Waals surface area contributed by atoms with Gasteiger partial charge >= 0.3 is 12.2 Å². The number of halogens is 5. The van der Waals surface area contributed by atoms with E-state index in [4.69, 9.17) is 22.1 Å². The molecule has 1 atom stereocenters. The largest absolute Gasteiger partial charge is 0.462 e. The molecule has 3 aromatic rings. The number of pyridine rings is 1. The first-order chi connectivity index (χ1) is 19.3. The molecule has 0 amide bonds. The molecule has 13 heteroatoms. The van der Waals surface area contributed by atoms with Gasteiger partial charge in [0.05, 0.1) is 21.8 Å². The molecule has 1 aromatic carbocycles. The third kappa shape index (κ3) is 5.87. The number of hydrogen-bond acceptors (Lipinski definition) is 8. The summed E-state index contributed by atoms with van der Waals surface area (Å²) >= 11 is 6.54. The Hall–Kier alpha value is -2.96. The second-order valence-corrected chi connectivity index (χ2v) is 11.5. The van der Waals surface area contributed by atoms with Gasteiger partial charge in [0, 0.05) is 43.6 Å². The van der Waals surface area contributed by atoms with Crippen molar-refractivity contribution in [1.82, 2.24) is 24.8 Å². The van der Waals surface area contributed by atoms with Gasteiger partial charge in [0.2, 0.25) is 0 Å². The fraction of sp³-hybridized carbons (Fsp3) is 0.536. The minimum absolute atomic E-state index is 0.0426. The van der Waals surface area contributed by atoms with Crippen LogP contribution in [-0.4, -0.2) is 83.2 Å². The highest BCUT2D eigenvalue weighted by molar-refractivity contribution is 6.34. The Balaban J connectivity index is 1.66. The lowest BCUT2D eigenvalue weighted by atomic mass is 9.99. The Labute approximate surface area is 241 Å². The molecular weight excluding hydrogens is 562 g/mol. The van der Waals surface area contributed by atoms with Crippen LogP contribution in [0.3, 0.4) is 0 Å². The monoisotopic (exact) mass is 595 g/mol. The molecule has 8 nitrogen and oxygen atoms in total. The van der Waals surface area contributed by atoms with Crippen LogP contribution in [0.5, 0.6) is 6.01 Å². The zero-order valence-electron chi connectivity index (χ0n) is 23.5. The van der Waals surface area contributed by atoms with E-state index in [1.807, 2.05) is 11.9 Å². The first kappa shape index (κ1) is 29.5. The highest BCUT2D eigenvalue weighted by atomic mass is 35.5. The van der Waals surface area contributed by atoms with E-state index in [2.05, 4.69) is 38.6 Å². The number of hydrogen-bond donors (Lipinski definition) is 1. The fourth-order valence-electron chi connectivity index (χ4n) is 5.73. The van der Waals surface area contributed by atoms with Crippen molar-refractivity contribution in [1.29, 1.82) is 0 Å². The number of nitrogens with two attached hydrogens (primary N) is 1. The summed E-state index contributed by atoms with van der Waals surface area (Å²) in [6.07, 6.45) is -2.83. The smallest absolute Gasteiger partial charge is 0.418 e. The van der Waals surface area contributed by atoms with E-state index in [0.29, 0.717) is 31.6 Å². The lowest BCUT2D eigenvalue weighted by molar-refractivity contribution is -0.137. The van der Waals surface area contributed by atoms with Crippen molar-refractivity contribution in [3.8, 4) is 17.3 Å². The number of fused-ring (bicyclic) bond motifs is 1. The van der Waals surface area contributed by atoms with Gasteiger partial charge in [0.15, 0.2) is 5.82 Å². The summed E-state index contributed by atoms with van der Waals surface area (Å²) in [5.74, 6) is -0.798. The summed E-state index contributed by atoms with van der Waals surface area (Å²) in [4.78, 5) is 19.4. The maximum Gasteiger partial charge on any atom is 0.418 e. The summed E-state index contributed by atoms with van der Waals surface area (Å²) < 4.78 is 64.8. The maximum atomic E-state index is 16.4. The number of aromatic nitrogens is 3. The first-order valence-corrected chi connectivity index (χ1v) is 14.1. The molecule has 0 aliphatic carbocycles. The molecule has 2 fully saturated rings. The molecule has 2 aliphatic rings. The molecule has 0 saturated carbocycles. The third-order valence-corrected chi connectivity index (χ3v) is 8.32. The Bertz CT molecular complexity index is 1440.